The Morgan fingerprint density at radius 1 is 1.22 bits per heavy atom. The van der Waals surface area contributed by atoms with Crippen LogP contribution in [0.4, 0.5) is 8.78 Å². The van der Waals surface area contributed by atoms with Crippen LogP contribution in [0, 0.1) is 11.2 Å². The van der Waals surface area contributed by atoms with Gasteiger partial charge in [0.25, 0.3) is 0 Å². The number of carbonyl (C=O) groups is 1. The molecule has 1 aromatic heterocycles. The lowest BCUT2D eigenvalue weighted by atomic mass is 9.84. The summed E-state index contributed by atoms with van der Waals surface area (Å²) in [4.78, 5) is 19.1. The fourth-order valence-electron chi connectivity index (χ4n) is 4.08. The number of nitrogens with two attached hydrogens (primary N) is 1. The van der Waals surface area contributed by atoms with Gasteiger partial charge in [0.05, 0.1) is 18.2 Å². The Labute approximate surface area is 214 Å². The van der Waals surface area contributed by atoms with E-state index in [-0.39, 0.29) is 24.4 Å². The van der Waals surface area contributed by atoms with Gasteiger partial charge in [-0.2, -0.15) is 5.10 Å². The van der Waals surface area contributed by atoms with E-state index in [1.807, 2.05) is 51.1 Å². The summed E-state index contributed by atoms with van der Waals surface area (Å²) in [5.41, 5.74) is 6.26. The average Bonchev–Trinajstić information content (AvgIpc) is 3.24. The van der Waals surface area contributed by atoms with Crippen molar-refractivity contribution >= 4 is 17.5 Å². The zero-order valence-electron chi connectivity index (χ0n) is 20.7. The van der Waals surface area contributed by atoms with Crippen LogP contribution >= 0.6 is 11.6 Å². The summed E-state index contributed by atoms with van der Waals surface area (Å²) in [5, 5.41) is 14.7. The summed E-state index contributed by atoms with van der Waals surface area (Å²) in [6.45, 7) is 4.71. The summed E-state index contributed by atoms with van der Waals surface area (Å²) in [7, 11) is 0. The highest BCUT2D eigenvalue weighted by Gasteiger charge is 2.39. The maximum atomic E-state index is 14.8. The molecule has 0 bridgehead atoms. The van der Waals surface area contributed by atoms with Crippen molar-refractivity contribution in [1.29, 1.82) is 0 Å². The van der Waals surface area contributed by atoms with Crippen molar-refractivity contribution < 1.29 is 18.7 Å². The summed E-state index contributed by atoms with van der Waals surface area (Å²) < 4.78 is 29.5. The lowest BCUT2D eigenvalue weighted by Gasteiger charge is -2.39. The minimum atomic E-state index is -0.752. The highest BCUT2D eigenvalue weighted by atomic mass is 35.5. The van der Waals surface area contributed by atoms with Gasteiger partial charge in [0.15, 0.2) is 11.6 Å². The zero-order chi connectivity index (χ0) is 26.5. The molecule has 2 atom stereocenters. The van der Waals surface area contributed by atoms with E-state index < -0.39 is 42.5 Å². The Morgan fingerprint density at radius 3 is 2.53 bits per heavy atom. The van der Waals surface area contributed by atoms with Crippen molar-refractivity contribution in [3.05, 3.63) is 70.8 Å². The third-order valence-corrected chi connectivity index (χ3v) is 6.05. The zero-order valence-corrected chi connectivity index (χ0v) is 21.4. The standard InChI is InChI=1S/C26H32ClF2N5O2/c1-26(2,3)23(33(22(36)16-35)12-11-19(30)14-28)25-31-24(20-13-18(27)9-10-21(20)29)32-34(25)15-17-7-5-4-6-8-17/h4-10,13,19,23,35H,11-12,14-16,30H2,1-3H3/t19-,23-/m0/s1. The maximum Gasteiger partial charge on any atom is 0.248 e. The Kier molecular flexibility index (Phi) is 9.16. The van der Waals surface area contributed by atoms with E-state index >= 15 is 0 Å². The number of nitrogens with zero attached hydrogens (tertiary/aromatic N) is 4. The Morgan fingerprint density at radius 2 is 1.92 bits per heavy atom. The lowest BCUT2D eigenvalue weighted by Crippen LogP contribution is -2.45. The molecule has 3 aromatic rings. The van der Waals surface area contributed by atoms with Crippen LogP contribution in [-0.2, 0) is 11.3 Å². The van der Waals surface area contributed by atoms with Crippen LogP contribution in [0.2, 0.25) is 5.02 Å². The van der Waals surface area contributed by atoms with Crippen LogP contribution in [0.1, 0.15) is 44.6 Å². The first kappa shape index (κ1) is 27.7. The molecule has 0 aliphatic carbocycles. The summed E-state index contributed by atoms with van der Waals surface area (Å²) >= 11 is 6.12. The molecule has 3 rings (SSSR count). The molecule has 2 aromatic carbocycles. The number of hydrogen-bond donors (Lipinski definition) is 2. The van der Waals surface area contributed by atoms with Gasteiger partial charge in [0.1, 0.15) is 19.1 Å². The quantitative estimate of drug-likeness (QED) is 0.414. The Bertz CT molecular complexity index is 1170. The normalized spacial score (nSPS) is 13.4. The number of aliphatic hydroxyl groups is 1. The predicted octanol–water partition coefficient (Wildman–Crippen LogP) is 4.38. The number of alkyl halides is 1. The van der Waals surface area contributed by atoms with E-state index in [4.69, 9.17) is 22.3 Å². The molecule has 0 aliphatic heterocycles. The second kappa shape index (κ2) is 11.9. The van der Waals surface area contributed by atoms with E-state index in [9.17, 15) is 18.7 Å². The second-order valence-corrected chi connectivity index (χ2v) is 10.2. The van der Waals surface area contributed by atoms with Gasteiger partial charge in [-0.1, -0.05) is 62.7 Å². The van der Waals surface area contributed by atoms with E-state index in [0.29, 0.717) is 17.4 Å². The number of halogens is 3. The minimum absolute atomic E-state index is 0.103. The molecule has 7 nitrogen and oxygen atoms in total. The van der Waals surface area contributed by atoms with Gasteiger partial charge in [-0.25, -0.2) is 18.4 Å². The summed E-state index contributed by atoms with van der Waals surface area (Å²) in [6, 6.07) is 12.2. The van der Waals surface area contributed by atoms with Gasteiger partial charge in [0.2, 0.25) is 5.91 Å². The molecule has 10 heteroatoms. The molecule has 0 unspecified atom stereocenters. The van der Waals surface area contributed by atoms with Gasteiger partial charge in [-0.3, -0.25) is 4.79 Å². The highest BCUT2D eigenvalue weighted by molar-refractivity contribution is 6.30. The molecular weight excluding hydrogens is 488 g/mol. The van der Waals surface area contributed by atoms with Crippen LogP contribution in [0.15, 0.2) is 48.5 Å². The highest BCUT2D eigenvalue weighted by Crippen LogP contribution is 2.39. The van der Waals surface area contributed by atoms with Gasteiger partial charge >= 0.3 is 0 Å². The Hall–Kier alpha value is -2.88. The third kappa shape index (κ3) is 6.66. The molecule has 0 saturated heterocycles. The van der Waals surface area contributed by atoms with Crippen LogP contribution in [-0.4, -0.2) is 56.5 Å². The topological polar surface area (TPSA) is 97.3 Å². The number of benzene rings is 2. The fourth-order valence-corrected chi connectivity index (χ4v) is 4.25. The maximum absolute atomic E-state index is 14.8. The first-order valence-electron chi connectivity index (χ1n) is 11.7. The first-order valence-corrected chi connectivity index (χ1v) is 12.1. The number of hydrogen-bond acceptors (Lipinski definition) is 5. The van der Waals surface area contributed by atoms with Crippen molar-refractivity contribution in [3.63, 3.8) is 0 Å². The monoisotopic (exact) mass is 519 g/mol. The molecule has 3 N–H and O–H groups in total. The number of aromatic nitrogens is 3. The summed E-state index contributed by atoms with van der Waals surface area (Å²) in [6.07, 6.45) is 0.192. The van der Waals surface area contributed by atoms with Gasteiger partial charge in [0, 0.05) is 17.6 Å². The van der Waals surface area contributed by atoms with E-state index in [1.54, 1.807) is 4.68 Å². The van der Waals surface area contributed by atoms with Crippen molar-refractivity contribution in [2.45, 2.75) is 45.8 Å². The van der Waals surface area contributed by atoms with Crippen molar-refractivity contribution in [2.24, 2.45) is 11.1 Å². The first-order chi connectivity index (χ1) is 17.0. The fraction of sp³-hybridized carbons (Fsp3) is 0.423. The van der Waals surface area contributed by atoms with Gasteiger partial charge < -0.3 is 15.7 Å². The molecule has 0 spiro atoms. The number of amides is 1. The Balaban J connectivity index is 2.18. The molecule has 194 valence electrons. The third-order valence-electron chi connectivity index (χ3n) is 5.82. The van der Waals surface area contributed by atoms with Crippen molar-refractivity contribution in [1.82, 2.24) is 19.7 Å². The summed E-state index contributed by atoms with van der Waals surface area (Å²) in [5.74, 6) is -0.568. The van der Waals surface area contributed by atoms with E-state index in [1.165, 1.54) is 23.1 Å². The van der Waals surface area contributed by atoms with Crippen LogP contribution < -0.4 is 5.73 Å². The molecule has 0 aliphatic rings. The minimum Gasteiger partial charge on any atom is -0.387 e. The average molecular weight is 520 g/mol. The van der Waals surface area contributed by atoms with Crippen molar-refractivity contribution in [2.75, 3.05) is 19.8 Å². The molecular formula is C26H32ClF2N5O2. The predicted molar refractivity (Wildman–Crippen MR) is 136 cm³/mol. The van der Waals surface area contributed by atoms with Crippen LogP contribution in [0.3, 0.4) is 0 Å². The molecule has 0 saturated carbocycles. The number of aliphatic hydroxyl groups excluding tert-OH is 1. The smallest absolute Gasteiger partial charge is 0.248 e. The van der Waals surface area contributed by atoms with Crippen LogP contribution in [0.25, 0.3) is 11.4 Å². The second-order valence-electron chi connectivity index (χ2n) is 9.78. The van der Waals surface area contributed by atoms with Crippen molar-refractivity contribution in [3.8, 4) is 11.4 Å². The number of rotatable bonds is 10. The molecule has 1 heterocycles. The lowest BCUT2D eigenvalue weighted by molar-refractivity contribution is -0.139. The van der Waals surface area contributed by atoms with E-state index in [2.05, 4.69) is 5.10 Å². The number of carbonyl (C=O) groups excluding carboxylic acids is 1. The molecule has 1 amide bonds. The van der Waals surface area contributed by atoms with Crippen LogP contribution in [0.5, 0.6) is 0 Å². The van der Waals surface area contributed by atoms with Gasteiger partial charge in [-0.15, -0.1) is 0 Å². The molecule has 0 radical (unpaired) electrons. The van der Waals surface area contributed by atoms with E-state index in [0.717, 1.165) is 5.56 Å². The largest absolute Gasteiger partial charge is 0.387 e. The molecule has 0 fully saturated rings. The SMILES string of the molecule is CC(C)(C)[C@H](c1nc(-c2cc(Cl)ccc2F)nn1Cc1ccccc1)N(CC[C@H](N)CF)C(=O)CO. The molecule has 36 heavy (non-hydrogen) atoms. The van der Waals surface area contributed by atoms with Gasteiger partial charge in [-0.05, 0) is 35.6 Å².